The molecule has 2 N–H and O–H groups in total. The minimum Gasteiger partial charge on any atom is -0.383 e. The van der Waals surface area contributed by atoms with Gasteiger partial charge in [-0.2, -0.15) is 0 Å². The van der Waals surface area contributed by atoms with E-state index in [-0.39, 0.29) is 5.54 Å². The van der Waals surface area contributed by atoms with Gasteiger partial charge in [0.15, 0.2) is 0 Å². The molecule has 1 heterocycles. The number of aliphatic imine (C=N–C) groups is 1. The summed E-state index contributed by atoms with van der Waals surface area (Å²) in [6.45, 7) is 3.61. The van der Waals surface area contributed by atoms with Crippen molar-refractivity contribution in [1.82, 2.24) is 0 Å². The fourth-order valence-electron chi connectivity index (χ4n) is 1.97. The number of hydrogen-bond donors (Lipinski definition) is 1. The van der Waals surface area contributed by atoms with Crippen molar-refractivity contribution in [2.24, 2.45) is 10.7 Å². The van der Waals surface area contributed by atoms with Crippen LogP contribution in [0, 0.1) is 0 Å². The van der Waals surface area contributed by atoms with Crippen LogP contribution in [0.4, 0.5) is 0 Å². The van der Waals surface area contributed by atoms with E-state index in [2.05, 4.69) is 11.9 Å². The Labute approximate surface area is 96.3 Å². The van der Waals surface area contributed by atoms with Crippen molar-refractivity contribution in [3.05, 3.63) is 35.9 Å². The molecule has 1 fully saturated rings. The Bertz CT molecular complexity index is 367. The van der Waals surface area contributed by atoms with Crippen LogP contribution in [0.5, 0.6) is 0 Å². The lowest BCUT2D eigenvalue weighted by Crippen LogP contribution is -2.36. The highest BCUT2D eigenvalue weighted by atomic mass is 16.5. The maximum atomic E-state index is 6.01. The fourth-order valence-corrected chi connectivity index (χ4v) is 1.97. The second-order valence-corrected chi connectivity index (χ2v) is 4.52. The number of ether oxygens (including phenoxy) is 1. The average molecular weight is 218 g/mol. The minimum atomic E-state index is -0.155. The molecule has 0 radical (unpaired) electrons. The molecule has 1 aliphatic heterocycles. The molecule has 0 saturated carbocycles. The van der Waals surface area contributed by atoms with E-state index in [0.717, 1.165) is 25.0 Å². The molecule has 1 aliphatic rings. The predicted octanol–water partition coefficient (Wildman–Crippen LogP) is 1.96. The zero-order valence-corrected chi connectivity index (χ0v) is 9.65. The summed E-state index contributed by atoms with van der Waals surface area (Å²) in [7, 11) is 0. The first-order valence-electron chi connectivity index (χ1n) is 5.68. The molecule has 1 atom stereocenters. The molecule has 0 bridgehead atoms. The summed E-state index contributed by atoms with van der Waals surface area (Å²) in [6, 6.07) is 9.87. The zero-order valence-electron chi connectivity index (χ0n) is 9.65. The Morgan fingerprint density at radius 1 is 1.38 bits per heavy atom. The summed E-state index contributed by atoms with van der Waals surface area (Å²) in [5.74, 6) is 0.605. The summed E-state index contributed by atoms with van der Waals surface area (Å²) >= 11 is 0. The summed E-state index contributed by atoms with van der Waals surface area (Å²) in [4.78, 5) is 4.61. The number of benzene rings is 1. The molecular formula is C13H18N2O. The lowest BCUT2D eigenvalue weighted by Gasteiger charge is -2.30. The molecule has 16 heavy (non-hydrogen) atoms. The van der Waals surface area contributed by atoms with Gasteiger partial charge in [0.05, 0.1) is 12.1 Å². The van der Waals surface area contributed by atoms with Gasteiger partial charge in [0.1, 0.15) is 5.84 Å². The summed E-state index contributed by atoms with van der Waals surface area (Å²) in [6.07, 6.45) is 2.10. The van der Waals surface area contributed by atoms with Gasteiger partial charge in [-0.3, -0.25) is 4.99 Å². The van der Waals surface area contributed by atoms with E-state index in [9.17, 15) is 0 Å². The molecule has 86 valence electrons. The van der Waals surface area contributed by atoms with Gasteiger partial charge in [-0.05, 0) is 19.8 Å². The summed E-state index contributed by atoms with van der Waals surface area (Å²) in [5.41, 5.74) is 6.83. The molecule has 0 aliphatic carbocycles. The van der Waals surface area contributed by atoms with E-state index in [1.165, 1.54) is 0 Å². The highest BCUT2D eigenvalue weighted by Crippen LogP contribution is 2.23. The molecule has 1 aromatic carbocycles. The molecule has 0 aromatic heterocycles. The van der Waals surface area contributed by atoms with Crippen molar-refractivity contribution in [1.29, 1.82) is 0 Å². The van der Waals surface area contributed by atoms with Crippen LogP contribution in [0.15, 0.2) is 35.3 Å². The normalized spacial score (nSPS) is 26.7. The molecule has 1 aromatic rings. The predicted molar refractivity (Wildman–Crippen MR) is 65.6 cm³/mol. The summed E-state index contributed by atoms with van der Waals surface area (Å²) < 4.78 is 5.46. The van der Waals surface area contributed by atoms with Crippen LogP contribution < -0.4 is 5.73 Å². The van der Waals surface area contributed by atoms with E-state index in [4.69, 9.17) is 10.5 Å². The Kier molecular flexibility index (Phi) is 3.25. The smallest absolute Gasteiger partial charge is 0.126 e. The minimum absolute atomic E-state index is 0.155. The van der Waals surface area contributed by atoms with Crippen molar-refractivity contribution in [2.45, 2.75) is 25.3 Å². The number of rotatable bonds is 2. The largest absolute Gasteiger partial charge is 0.383 e. The third-order valence-corrected chi connectivity index (χ3v) is 2.88. The Morgan fingerprint density at radius 2 is 2.12 bits per heavy atom. The zero-order chi connectivity index (χ0) is 11.4. The van der Waals surface area contributed by atoms with E-state index in [1.54, 1.807) is 0 Å². The Balaban J connectivity index is 2.17. The molecule has 3 nitrogen and oxygen atoms in total. The van der Waals surface area contributed by atoms with E-state index >= 15 is 0 Å². The van der Waals surface area contributed by atoms with E-state index in [1.807, 2.05) is 30.3 Å². The monoisotopic (exact) mass is 218 g/mol. The van der Waals surface area contributed by atoms with Gasteiger partial charge in [-0.15, -0.1) is 0 Å². The second kappa shape index (κ2) is 4.66. The van der Waals surface area contributed by atoms with Crippen LogP contribution >= 0.6 is 0 Å². The fraction of sp³-hybridized carbons (Fsp3) is 0.462. The summed E-state index contributed by atoms with van der Waals surface area (Å²) in [5, 5.41) is 0. The van der Waals surface area contributed by atoms with Crippen molar-refractivity contribution in [2.75, 3.05) is 13.2 Å². The highest BCUT2D eigenvalue weighted by molar-refractivity contribution is 5.97. The maximum Gasteiger partial charge on any atom is 0.126 e. The number of nitrogens with two attached hydrogens (primary N) is 1. The van der Waals surface area contributed by atoms with Crippen molar-refractivity contribution in [3.63, 3.8) is 0 Å². The lowest BCUT2D eigenvalue weighted by molar-refractivity contribution is 0.0468. The van der Waals surface area contributed by atoms with Crippen molar-refractivity contribution in [3.8, 4) is 0 Å². The number of hydrogen-bond acceptors (Lipinski definition) is 2. The van der Waals surface area contributed by atoms with E-state index < -0.39 is 0 Å². The van der Waals surface area contributed by atoms with Crippen LogP contribution in [0.2, 0.25) is 0 Å². The standard InChI is InChI=1S/C13H18N2O/c1-13(8-5-9-16-10-13)15-12(14)11-6-3-2-4-7-11/h2-4,6-7H,5,8-10H2,1H3,(H2,14,15). The molecule has 3 heteroatoms. The number of amidine groups is 1. The Morgan fingerprint density at radius 3 is 2.75 bits per heavy atom. The van der Waals surface area contributed by atoms with Gasteiger partial charge in [-0.1, -0.05) is 30.3 Å². The molecular weight excluding hydrogens is 200 g/mol. The molecule has 2 rings (SSSR count). The van der Waals surface area contributed by atoms with Gasteiger partial charge in [-0.25, -0.2) is 0 Å². The molecule has 0 amide bonds. The molecule has 0 spiro atoms. The third kappa shape index (κ3) is 2.61. The first-order valence-corrected chi connectivity index (χ1v) is 5.68. The van der Waals surface area contributed by atoms with Crippen LogP contribution in [-0.4, -0.2) is 24.6 Å². The Hall–Kier alpha value is -1.35. The quantitative estimate of drug-likeness (QED) is 0.609. The van der Waals surface area contributed by atoms with Crippen molar-refractivity contribution >= 4 is 5.84 Å². The van der Waals surface area contributed by atoms with Crippen LogP contribution in [-0.2, 0) is 4.74 Å². The highest BCUT2D eigenvalue weighted by Gasteiger charge is 2.27. The number of nitrogens with zero attached hydrogens (tertiary/aromatic N) is 1. The molecule has 1 unspecified atom stereocenters. The molecule has 1 saturated heterocycles. The van der Waals surface area contributed by atoms with Gasteiger partial charge >= 0.3 is 0 Å². The first-order chi connectivity index (χ1) is 7.70. The maximum absolute atomic E-state index is 6.01. The van der Waals surface area contributed by atoms with E-state index in [0.29, 0.717) is 12.4 Å². The lowest BCUT2D eigenvalue weighted by atomic mass is 9.95. The van der Waals surface area contributed by atoms with Gasteiger partial charge < -0.3 is 10.5 Å². The van der Waals surface area contributed by atoms with Crippen LogP contribution in [0.3, 0.4) is 0 Å². The average Bonchev–Trinajstić information content (AvgIpc) is 2.30. The van der Waals surface area contributed by atoms with Crippen LogP contribution in [0.1, 0.15) is 25.3 Å². The SMILES string of the molecule is CC1(N=C(N)c2ccccc2)CCCOC1. The van der Waals surface area contributed by atoms with Gasteiger partial charge in [0.2, 0.25) is 0 Å². The van der Waals surface area contributed by atoms with Gasteiger partial charge in [0.25, 0.3) is 0 Å². The van der Waals surface area contributed by atoms with Gasteiger partial charge in [0, 0.05) is 12.2 Å². The van der Waals surface area contributed by atoms with Crippen molar-refractivity contribution < 1.29 is 4.74 Å². The third-order valence-electron chi connectivity index (χ3n) is 2.88. The first kappa shape index (κ1) is 11.1. The topological polar surface area (TPSA) is 47.6 Å². The second-order valence-electron chi connectivity index (χ2n) is 4.52. The van der Waals surface area contributed by atoms with Crippen LogP contribution in [0.25, 0.3) is 0 Å².